The van der Waals surface area contributed by atoms with Crippen LogP contribution in [0.1, 0.15) is 18.1 Å². The number of hydrogen-bond donors (Lipinski definition) is 0. The van der Waals surface area contributed by atoms with Gasteiger partial charge in [-0.05, 0) is 19.1 Å². The third-order valence-electron chi connectivity index (χ3n) is 2.36. The van der Waals surface area contributed by atoms with E-state index in [4.69, 9.17) is 4.74 Å². The molecule has 0 aliphatic heterocycles. The van der Waals surface area contributed by atoms with Crippen molar-refractivity contribution < 1.29 is 9.53 Å². The summed E-state index contributed by atoms with van der Waals surface area (Å²) in [4.78, 5) is 11.0. The third kappa shape index (κ3) is 2.93. The lowest BCUT2D eigenvalue weighted by Gasteiger charge is -2.10. The second-order valence-corrected chi connectivity index (χ2v) is 3.91. The highest BCUT2D eigenvalue weighted by molar-refractivity contribution is 5.69. The van der Waals surface area contributed by atoms with Gasteiger partial charge in [0.25, 0.3) is 0 Å². The first-order chi connectivity index (χ1) is 8.15. The van der Waals surface area contributed by atoms with Crippen LogP contribution in [0.3, 0.4) is 0 Å². The lowest BCUT2D eigenvalue weighted by molar-refractivity contribution is -0.131. The highest BCUT2D eigenvalue weighted by atomic mass is 16.5. The molecule has 88 valence electrons. The lowest BCUT2D eigenvalue weighted by Crippen LogP contribution is -2.07. The van der Waals surface area contributed by atoms with E-state index in [0.717, 1.165) is 11.1 Å². The van der Waals surface area contributed by atoms with Crippen molar-refractivity contribution >= 4 is 5.97 Å². The normalized spacial score (nSPS) is 10.2. The van der Waals surface area contributed by atoms with Crippen LogP contribution in [-0.2, 0) is 11.3 Å². The Hall–Kier alpha value is -2.10. The van der Waals surface area contributed by atoms with Crippen molar-refractivity contribution in [2.45, 2.75) is 20.4 Å². The van der Waals surface area contributed by atoms with Crippen molar-refractivity contribution in [3.63, 3.8) is 0 Å². The predicted octanol–water partition coefficient (Wildman–Crippen LogP) is 2.17. The molecular weight excluding hydrogens is 216 g/mol. The molecule has 0 spiro atoms. The first-order valence-corrected chi connectivity index (χ1v) is 5.40. The zero-order valence-corrected chi connectivity index (χ0v) is 9.88. The van der Waals surface area contributed by atoms with Crippen LogP contribution in [-0.4, -0.2) is 15.7 Å². The molecule has 0 saturated heterocycles. The molecule has 2 rings (SSSR count). The molecule has 0 bridgehead atoms. The van der Waals surface area contributed by atoms with Crippen LogP contribution in [0, 0.1) is 6.92 Å². The molecule has 0 aliphatic rings. The Labute approximate surface area is 99.8 Å². The van der Waals surface area contributed by atoms with Gasteiger partial charge in [0.15, 0.2) is 0 Å². The quantitative estimate of drug-likeness (QED) is 0.599. The Morgan fingerprint density at radius 3 is 2.94 bits per heavy atom. The van der Waals surface area contributed by atoms with E-state index in [2.05, 4.69) is 5.10 Å². The number of aromatic nitrogens is 2. The number of carbonyl (C=O) groups excluding carboxylic acids is 1. The number of nitrogens with zero attached hydrogens (tertiary/aromatic N) is 2. The fourth-order valence-electron chi connectivity index (χ4n) is 1.65. The van der Waals surface area contributed by atoms with E-state index < -0.39 is 0 Å². The van der Waals surface area contributed by atoms with Crippen molar-refractivity contribution in [2.75, 3.05) is 0 Å². The molecule has 4 nitrogen and oxygen atoms in total. The van der Waals surface area contributed by atoms with Gasteiger partial charge in [-0.25, -0.2) is 0 Å². The molecular formula is C13H14N2O2. The van der Waals surface area contributed by atoms with Crippen molar-refractivity contribution in [1.29, 1.82) is 0 Å². The second-order valence-electron chi connectivity index (χ2n) is 3.91. The smallest absolute Gasteiger partial charge is 0.308 e. The summed E-state index contributed by atoms with van der Waals surface area (Å²) in [5.41, 5.74) is 2.08. The summed E-state index contributed by atoms with van der Waals surface area (Å²) in [6.07, 6.45) is 3.60. The predicted molar refractivity (Wildman–Crippen MR) is 63.8 cm³/mol. The minimum absolute atomic E-state index is 0.310. The van der Waals surface area contributed by atoms with Gasteiger partial charge >= 0.3 is 5.97 Å². The molecule has 1 aromatic carbocycles. The number of esters is 1. The fourth-order valence-corrected chi connectivity index (χ4v) is 1.65. The third-order valence-corrected chi connectivity index (χ3v) is 2.36. The molecule has 4 heteroatoms. The first kappa shape index (κ1) is 11.4. The summed E-state index contributed by atoms with van der Waals surface area (Å²) in [6.45, 7) is 4.00. The Morgan fingerprint density at radius 1 is 1.47 bits per heavy atom. The first-order valence-electron chi connectivity index (χ1n) is 5.40. The standard InChI is InChI=1S/C13H14N2O2/c1-10-4-5-13(17-11(2)16)12(8-10)9-15-7-3-6-14-15/h3-8H,9H2,1-2H3. The number of rotatable bonds is 3. The van der Waals surface area contributed by atoms with Gasteiger partial charge in [0.2, 0.25) is 0 Å². The summed E-state index contributed by atoms with van der Waals surface area (Å²) in [5.74, 6) is 0.286. The average molecular weight is 230 g/mol. The Kier molecular flexibility index (Phi) is 3.23. The molecule has 0 saturated carbocycles. The molecule has 1 aromatic heterocycles. The van der Waals surface area contributed by atoms with Gasteiger partial charge in [-0.3, -0.25) is 9.48 Å². The molecule has 0 amide bonds. The van der Waals surface area contributed by atoms with E-state index in [1.807, 2.05) is 37.4 Å². The average Bonchev–Trinajstić information content (AvgIpc) is 2.74. The highest BCUT2D eigenvalue weighted by Crippen LogP contribution is 2.21. The maximum absolute atomic E-state index is 11.0. The van der Waals surface area contributed by atoms with Crippen LogP contribution in [0.4, 0.5) is 0 Å². The van der Waals surface area contributed by atoms with Crippen LogP contribution >= 0.6 is 0 Å². The van der Waals surface area contributed by atoms with Crippen LogP contribution in [0.15, 0.2) is 36.7 Å². The van der Waals surface area contributed by atoms with Crippen molar-refractivity contribution in [3.05, 3.63) is 47.8 Å². The van der Waals surface area contributed by atoms with Gasteiger partial charge in [-0.15, -0.1) is 0 Å². The number of benzene rings is 1. The van der Waals surface area contributed by atoms with E-state index in [-0.39, 0.29) is 5.97 Å². The lowest BCUT2D eigenvalue weighted by atomic mass is 10.1. The van der Waals surface area contributed by atoms with Crippen LogP contribution < -0.4 is 4.74 Å². The maximum Gasteiger partial charge on any atom is 0.308 e. The molecule has 0 atom stereocenters. The summed E-state index contributed by atoms with van der Waals surface area (Å²) < 4.78 is 6.96. The van der Waals surface area contributed by atoms with Crippen LogP contribution in [0.2, 0.25) is 0 Å². The van der Waals surface area contributed by atoms with Gasteiger partial charge in [0, 0.05) is 24.9 Å². The van der Waals surface area contributed by atoms with E-state index in [9.17, 15) is 4.79 Å². The van der Waals surface area contributed by atoms with Crippen molar-refractivity contribution in [1.82, 2.24) is 9.78 Å². The molecule has 0 radical (unpaired) electrons. The van der Waals surface area contributed by atoms with Crippen LogP contribution in [0.5, 0.6) is 5.75 Å². The Bertz CT molecular complexity index is 518. The minimum Gasteiger partial charge on any atom is -0.426 e. The Balaban J connectivity index is 2.29. The number of ether oxygens (including phenoxy) is 1. The van der Waals surface area contributed by atoms with Gasteiger partial charge in [-0.2, -0.15) is 5.10 Å². The molecule has 17 heavy (non-hydrogen) atoms. The van der Waals surface area contributed by atoms with E-state index in [1.165, 1.54) is 6.92 Å². The van der Waals surface area contributed by atoms with Gasteiger partial charge in [-0.1, -0.05) is 17.7 Å². The molecule has 2 aromatic rings. The van der Waals surface area contributed by atoms with Gasteiger partial charge < -0.3 is 4.74 Å². The minimum atomic E-state index is -0.310. The summed E-state index contributed by atoms with van der Waals surface area (Å²) in [7, 11) is 0. The number of carbonyl (C=O) groups is 1. The van der Waals surface area contributed by atoms with Gasteiger partial charge in [0.05, 0.1) is 6.54 Å². The van der Waals surface area contributed by atoms with E-state index in [0.29, 0.717) is 12.3 Å². The molecule has 0 fully saturated rings. The molecule has 1 heterocycles. The summed E-state index contributed by atoms with van der Waals surface area (Å²) >= 11 is 0. The van der Waals surface area contributed by atoms with E-state index >= 15 is 0 Å². The zero-order valence-electron chi connectivity index (χ0n) is 9.88. The van der Waals surface area contributed by atoms with Gasteiger partial charge in [0.1, 0.15) is 5.75 Å². The van der Waals surface area contributed by atoms with Crippen molar-refractivity contribution in [2.24, 2.45) is 0 Å². The van der Waals surface area contributed by atoms with Crippen LogP contribution in [0.25, 0.3) is 0 Å². The van der Waals surface area contributed by atoms with E-state index in [1.54, 1.807) is 10.9 Å². The van der Waals surface area contributed by atoms with Crippen molar-refractivity contribution in [3.8, 4) is 5.75 Å². The second kappa shape index (κ2) is 4.82. The molecule has 0 aliphatic carbocycles. The fraction of sp³-hybridized carbons (Fsp3) is 0.231. The highest BCUT2D eigenvalue weighted by Gasteiger charge is 2.07. The topological polar surface area (TPSA) is 44.1 Å². The summed E-state index contributed by atoms with van der Waals surface area (Å²) in [6, 6.07) is 7.60. The largest absolute Gasteiger partial charge is 0.426 e. The monoisotopic (exact) mass is 230 g/mol. The number of aryl methyl sites for hydroxylation is 1. The number of hydrogen-bond acceptors (Lipinski definition) is 3. The molecule has 0 unspecified atom stereocenters. The maximum atomic E-state index is 11.0. The SMILES string of the molecule is CC(=O)Oc1ccc(C)cc1Cn1cccn1. The zero-order chi connectivity index (χ0) is 12.3. The molecule has 0 N–H and O–H groups in total. The summed E-state index contributed by atoms with van der Waals surface area (Å²) in [5, 5.41) is 4.14. The Morgan fingerprint density at radius 2 is 2.29 bits per heavy atom.